The van der Waals surface area contributed by atoms with Crippen LogP contribution >= 0.6 is 27.5 Å². The van der Waals surface area contributed by atoms with Gasteiger partial charge in [-0.25, -0.2) is 4.39 Å². The quantitative estimate of drug-likeness (QED) is 0.765. The van der Waals surface area contributed by atoms with Crippen molar-refractivity contribution >= 4 is 27.5 Å². The summed E-state index contributed by atoms with van der Waals surface area (Å²) in [7, 11) is 3.43. The van der Waals surface area contributed by atoms with Crippen molar-refractivity contribution in [1.29, 1.82) is 0 Å². The minimum Gasteiger partial charge on any atom is -0.496 e. The molecule has 112 valence electrons. The fourth-order valence-electron chi connectivity index (χ4n) is 2.27. The van der Waals surface area contributed by atoms with E-state index in [4.69, 9.17) is 16.3 Å². The van der Waals surface area contributed by atoms with E-state index in [1.807, 2.05) is 24.3 Å². The van der Waals surface area contributed by atoms with Gasteiger partial charge in [-0.05, 0) is 47.1 Å². The van der Waals surface area contributed by atoms with Crippen LogP contribution in [0.15, 0.2) is 40.9 Å². The molecule has 0 saturated carbocycles. The van der Waals surface area contributed by atoms with Crippen LogP contribution in [-0.2, 0) is 6.42 Å². The minimum atomic E-state index is -0.403. The number of hydrogen-bond acceptors (Lipinski definition) is 2. The molecule has 0 aromatic heterocycles. The SMILES string of the molecule is CNC(Cc1ccccc1OC)c1ccc(Br)c(Cl)c1F. The molecule has 0 aliphatic carbocycles. The summed E-state index contributed by atoms with van der Waals surface area (Å²) in [5.41, 5.74) is 1.55. The fraction of sp³-hybridized carbons (Fsp3) is 0.250. The number of methoxy groups -OCH3 is 1. The van der Waals surface area contributed by atoms with Gasteiger partial charge in [0, 0.05) is 16.1 Å². The zero-order valence-corrected chi connectivity index (χ0v) is 14.1. The molecule has 2 nitrogen and oxygen atoms in total. The number of benzene rings is 2. The van der Waals surface area contributed by atoms with E-state index in [1.54, 1.807) is 26.3 Å². The lowest BCUT2D eigenvalue weighted by molar-refractivity contribution is 0.406. The Hall–Kier alpha value is -1.10. The molecule has 0 aliphatic rings. The predicted molar refractivity (Wildman–Crippen MR) is 87.6 cm³/mol. The second-order valence-corrected chi connectivity index (χ2v) is 5.85. The molecule has 2 rings (SSSR count). The molecule has 0 saturated heterocycles. The maximum Gasteiger partial charge on any atom is 0.147 e. The van der Waals surface area contributed by atoms with Crippen LogP contribution in [0, 0.1) is 5.82 Å². The number of hydrogen-bond donors (Lipinski definition) is 1. The van der Waals surface area contributed by atoms with Gasteiger partial charge >= 0.3 is 0 Å². The molecule has 1 unspecified atom stereocenters. The third kappa shape index (κ3) is 3.57. The molecular formula is C16H16BrClFNO. The third-order valence-electron chi connectivity index (χ3n) is 3.41. The summed E-state index contributed by atoms with van der Waals surface area (Å²) in [5.74, 6) is 0.390. The first-order chi connectivity index (χ1) is 10.1. The first-order valence-corrected chi connectivity index (χ1v) is 7.68. The van der Waals surface area contributed by atoms with Crippen LogP contribution in [0.3, 0.4) is 0 Å². The Morgan fingerprint density at radius 2 is 2.00 bits per heavy atom. The Bertz CT molecular complexity index is 636. The Morgan fingerprint density at radius 1 is 1.29 bits per heavy atom. The lowest BCUT2D eigenvalue weighted by atomic mass is 9.98. The fourth-order valence-corrected chi connectivity index (χ4v) is 2.75. The summed E-state index contributed by atoms with van der Waals surface area (Å²) < 4.78 is 20.2. The van der Waals surface area contributed by atoms with E-state index >= 15 is 0 Å². The standard InChI is InChI=1S/C16H16BrClFNO/c1-20-13(9-10-5-3-4-6-14(10)21-2)11-7-8-12(17)15(18)16(11)19/h3-8,13,20H,9H2,1-2H3. The first-order valence-electron chi connectivity index (χ1n) is 6.51. The van der Waals surface area contributed by atoms with Crippen LogP contribution < -0.4 is 10.1 Å². The number of rotatable bonds is 5. The first kappa shape index (κ1) is 16.3. The van der Waals surface area contributed by atoms with Crippen molar-refractivity contribution in [2.75, 3.05) is 14.2 Å². The smallest absolute Gasteiger partial charge is 0.147 e. The molecule has 0 bridgehead atoms. The van der Waals surface area contributed by atoms with E-state index in [2.05, 4.69) is 21.2 Å². The zero-order valence-electron chi connectivity index (χ0n) is 11.8. The minimum absolute atomic E-state index is 0.104. The van der Waals surface area contributed by atoms with Gasteiger partial charge in [-0.1, -0.05) is 35.9 Å². The normalized spacial score (nSPS) is 12.2. The van der Waals surface area contributed by atoms with Crippen LogP contribution in [0.2, 0.25) is 5.02 Å². The topological polar surface area (TPSA) is 21.3 Å². The number of nitrogens with one attached hydrogen (secondary N) is 1. The Labute approximate surface area is 137 Å². The van der Waals surface area contributed by atoms with Gasteiger partial charge in [0.05, 0.1) is 12.1 Å². The number of likely N-dealkylation sites (N-methyl/N-ethyl adjacent to an activating group) is 1. The molecule has 1 atom stereocenters. The molecule has 0 spiro atoms. The van der Waals surface area contributed by atoms with Crippen molar-refractivity contribution in [3.8, 4) is 5.75 Å². The van der Waals surface area contributed by atoms with Crippen molar-refractivity contribution in [3.05, 3.63) is 62.8 Å². The van der Waals surface area contributed by atoms with E-state index in [1.165, 1.54) is 0 Å². The third-order valence-corrected chi connectivity index (χ3v) is 4.66. The van der Waals surface area contributed by atoms with Gasteiger partial charge in [-0.3, -0.25) is 0 Å². The number of halogens is 3. The van der Waals surface area contributed by atoms with Crippen LogP contribution in [-0.4, -0.2) is 14.2 Å². The maximum atomic E-state index is 14.4. The summed E-state index contributed by atoms with van der Waals surface area (Å²) in [5, 5.41) is 3.24. The van der Waals surface area contributed by atoms with Crippen molar-refractivity contribution in [3.63, 3.8) is 0 Å². The van der Waals surface area contributed by atoms with Crippen LogP contribution in [0.25, 0.3) is 0 Å². The molecule has 0 radical (unpaired) electrons. The van der Waals surface area contributed by atoms with Crippen molar-refractivity contribution in [1.82, 2.24) is 5.32 Å². The average Bonchev–Trinajstić information content (AvgIpc) is 2.51. The molecule has 0 heterocycles. The van der Waals surface area contributed by atoms with Crippen molar-refractivity contribution in [2.24, 2.45) is 0 Å². The monoisotopic (exact) mass is 371 g/mol. The van der Waals surface area contributed by atoms with E-state index in [9.17, 15) is 4.39 Å². The van der Waals surface area contributed by atoms with E-state index in [-0.39, 0.29) is 11.1 Å². The highest BCUT2D eigenvalue weighted by atomic mass is 79.9. The van der Waals surface area contributed by atoms with Gasteiger partial charge in [0.2, 0.25) is 0 Å². The molecule has 5 heteroatoms. The predicted octanol–water partition coefficient (Wildman–Crippen LogP) is 4.75. The molecule has 1 N–H and O–H groups in total. The second kappa shape index (κ2) is 7.25. The highest BCUT2D eigenvalue weighted by Gasteiger charge is 2.19. The van der Waals surface area contributed by atoms with Crippen LogP contribution in [0.5, 0.6) is 5.75 Å². The van der Waals surface area contributed by atoms with Gasteiger partial charge in [-0.2, -0.15) is 0 Å². The Kier molecular flexibility index (Phi) is 5.62. The van der Waals surface area contributed by atoms with Gasteiger partial charge in [-0.15, -0.1) is 0 Å². The summed E-state index contributed by atoms with van der Waals surface area (Å²) in [6.07, 6.45) is 0.607. The Morgan fingerprint density at radius 3 is 2.67 bits per heavy atom. The van der Waals surface area contributed by atoms with E-state index in [0.29, 0.717) is 16.5 Å². The summed E-state index contributed by atoms with van der Waals surface area (Å²) in [4.78, 5) is 0. The zero-order chi connectivity index (χ0) is 15.4. The van der Waals surface area contributed by atoms with Crippen molar-refractivity contribution in [2.45, 2.75) is 12.5 Å². The van der Waals surface area contributed by atoms with Gasteiger partial charge in [0.15, 0.2) is 0 Å². The highest BCUT2D eigenvalue weighted by molar-refractivity contribution is 9.10. The van der Waals surface area contributed by atoms with Crippen LogP contribution in [0.1, 0.15) is 17.2 Å². The lowest BCUT2D eigenvalue weighted by Crippen LogP contribution is -2.20. The summed E-state index contributed by atoms with van der Waals surface area (Å²) in [6, 6.07) is 11.0. The van der Waals surface area contributed by atoms with E-state index < -0.39 is 5.82 Å². The largest absolute Gasteiger partial charge is 0.496 e. The van der Waals surface area contributed by atoms with Crippen molar-refractivity contribution < 1.29 is 9.13 Å². The second-order valence-electron chi connectivity index (χ2n) is 4.62. The lowest BCUT2D eigenvalue weighted by Gasteiger charge is -2.19. The molecule has 21 heavy (non-hydrogen) atoms. The maximum absolute atomic E-state index is 14.4. The molecule has 2 aromatic carbocycles. The van der Waals surface area contributed by atoms with Gasteiger partial charge in [0.1, 0.15) is 11.6 Å². The Balaban J connectivity index is 2.35. The molecular weight excluding hydrogens is 357 g/mol. The molecule has 0 fully saturated rings. The molecule has 0 aliphatic heterocycles. The summed E-state index contributed by atoms with van der Waals surface area (Å²) >= 11 is 9.20. The highest BCUT2D eigenvalue weighted by Crippen LogP contribution is 2.32. The van der Waals surface area contributed by atoms with Gasteiger partial charge < -0.3 is 10.1 Å². The molecule has 0 amide bonds. The average molecular weight is 373 g/mol. The number of ether oxygens (including phenoxy) is 1. The van der Waals surface area contributed by atoms with Gasteiger partial charge in [0.25, 0.3) is 0 Å². The number of para-hydroxylation sites is 1. The molecule has 2 aromatic rings. The van der Waals surface area contributed by atoms with E-state index in [0.717, 1.165) is 11.3 Å². The van der Waals surface area contributed by atoms with Crippen LogP contribution in [0.4, 0.5) is 4.39 Å². The summed E-state index contributed by atoms with van der Waals surface area (Å²) in [6.45, 7) is 0.